The molecule has 17 heavy (non-hydrogen) atoms. The van der Waals surface area contributed by atoms with Crippen LogP contribution in [0.25, 0.3) is 0 Å². The molecule has 1 saturated heterocycles. The lowest BCUT2D eigenvalue weighted by Gasteiger charge is -2.27. The topological polar surface area (TPSA) is 90.5 Å². The van der Waals surface area contributed by atoms with Gasteiger partial charge < -0.3 is 15.7 Å². The minimum atomic E-state index is -0.873. The highest BCUT2D eigenvalue weighted by molar-refractivity contribution is 5.86. The predicted octanol–water partition coefficient (Wildman–Crippen LogP) is -1.26. The maximum Gasteiger partial charge on any atom is 0.239 e. The lowest BCUT2D eigenvalue weighted by Crippen LogP contribution is -2.59. The molecule has 1 rings (SSSR count). The number of rotatable bonds is 5. The summed E-state index contributed by atoms with van der Waals surface area (Å²) < 4.78 is 0. The Morgan fingerprint density at radius 2 is 2.35 bits per heavy atom. The van der Waals surface area contributed by atoms with Crippen LogP contribution in [-0.2, 0) is 9.59 Å². The number of hydrogen-bond donors (Lipinski definition) is 4. The summed E-state index contributed by atoms with van der Waals surface area (Å²) in [6.07, 6.45) is 1.50. The van der Waals surface area contributed by atoms with Crippen LogP contribution in [0.5, 0.6) is 0 Å². The van der Waals surface area contributed by atoms with Crippen molar-refractivity contribution in [1.82, 2.24) is 16.0 Å². The molecule has 4 N–H and O–H groups in total. The Morgan fingerprint density at radius 1 is 1.65 bits per heavy atom. The van der Waals surface area contributed by atoms with Crippen LogP contribution in [0.15, 0.2) is 0 Å². The van der Waals surface area contributed by atoms with Crippen LogP contribution >= 0.6 is 0 Å². The van der Waals surface area contributed by atoms with Crippen molar-refractivity contribution in [1.29, 1.82) is 0 Å². The van der Waals surface area contributed by atoms with Gasteiger partial charge in [-0.05, 0) is 13.3 Å². The quantitative estimate of drug-likeness (QED) is 0.485. The maximum atomic E-state index is 11.7. The molecular formula is C11H21N3O3. The van der Waals surface area contributed by atoms with Gasteiger partial charge in [-0.1, -0.05) is 13.3 Å². The van der Waals surface area contributed by atoms with Crippen LogP contribution < -0.4 is 16.0 Å². The first kappa shape index (κ1) is 13.9. The Bertz CT molecular complexity index is 282. The summed E-state index contributed by atoms with van der Waals surface area (Å²) in [6, 6.07) is -0.412. The standard InChI is InChI=1S/C11H21N3O3/c1-3-4-11(2,17)7-14-10(16)8-5-13-9(15)6-12-8/h8,12,17H,3-7H2,1-2H3,(H,13,15)(H,14,16). The van der Waals surface area contributed by atoms with Gasteiger partial charge in [0.05, 0.1) is 12.1 Å². The Kier molecular flexibility index (Phi) is 4.89. The first-order chi connectivity index (χ1) is 7.94. The molecule has 0 saturated carbocycles. The molecule has 1 heterocycles. The van der Waals surface area contributed by atoms with Crippen molar-refractivity contribution in [2.24, 2.45) is 0 Å². The summed E-state index contributed by atoms with van der Waals surface area (Å²) in [5, 5.41) is 18.0. The Labute approximate surface area is 101 Å². The first-order valence-electron chi connectivity index (χ1n) is 5.95. The van der Waals surface area contributed by atoms with E-state index in [9.17, 15) is 14.7 Å². The van der Waals surface area contributed by atoms with Crippen LogP contribution in [0.3, 0.4) is 0 Å². The van der Waals surface area contributed by atoms with Crippen LogP contribution in [0.1, 0.15) is 26.7 Å². The average Bonchev–Trinajstić information content (AvgIpc) is 2.27. The summed E-state index contributed by atoms with van der Waals surface area (Å²) >= 11 is 0. The molecule has 0 aliphatic carbocycles. The molecule has 6 nitrogen and oxygen atoms in total. The smallest absolute Gasteiger partial charge is 0.239 e. The summed E-state index contributed by atoms with van der Waals surface area (Å²) in [4.78, 5) is 22.6. The van der Waals surface area contributed by atoms with Gasteiger partial charge in [0.1, 0.15) is 6.04 Å². The van der Waals surface area contributed by atoms with E-state index in [2.05, 4.69) is 16.0 Å². The third kappa shape index (κ3) is 4.70. The zero-order chi connectivity index (χ0) is 12.9. The third-order valence-electron chi connectivity index (χ3n) is 2.76. The van der Waals surface area contributed by atoms with Crippen molar-refractivity contribution < 1.29 is 14.7 Å². The first-order valence-corrected chi connectivity index (χ1v) is 5.95. The van der Waals surface area contributed by atoms with Gasteiger partial charge >= 0.3 is 0 Å². The lowest BCUT2D eigenvalue weighted by molar-refractivity contribution is -0.127. The summed E-state index contributed by atoms with van der Waals surface area (Å²) in [5.74, 6) is -0.298. The number of piperazine rings is 1. The molecular weight excluding hydrogens is 222 g/mol. The molecule has 0 aromatic rings. The van der Waals surface area contributed by atoms with Gasteiger partial charge in [0.2, 0.25) is 11.8 Å². The number of carbonyl (C=O) groups excluding carboxylic acids is 2. The second-order valence-electron chi connectivity index (χ2n) is 4.70. The number of nitrogens with one attached hydrogen (secondary N) is 3. The molecule has 0 spiro atoms. The van der Waals surface area contributed by atoms with Crippen molar-refractivity contribution in [3.8, 4) is 0 Å². The zero-order valence-corrected chi connectivity index (χ0v) is 10.4. The molecule has 2 unspecified atom stereocenters. The molecule has 1 fully saturated rings. The van der Waals surface area contributed by atoms with Crippen molar-refractivity contribution >= 4 is 11.8 Å². The normalized spacial score (nSPS) is 23.7. The molecule has 1 aliphatic heterocycles. The largest absolute Gasteiger partial charge is 0.388 e. The summed E-state index contributed by atoms with van der Waals surface area (Å²) in [7, 11) is 0. The monoisotopic (exact) mass is 243 g/mol. The molecule has 1 aliphatic rings. The molecule has 6 heteroatoms. The van der Waals surface area contributed by atoms with E-state index in [1.165, 1.54) is 0 Å². The zero-order valence-electron chi connectivity index (χ0n) is 10.4. The molecule has 0 aromatic carbocycles. The van der Waals surface area contributed by atoms with Crippen LogP contribution in [0, 0.1) is 0 Å². The van der Waals surface area contributed by atoms with Crippen molar-refractivity contribution in [3.63, 3.8) is 0 Å². The second kappa shape index (κ2) is 5.97. The van der Waals surface area contributed by atoms with Crippen molar-refractivity contribution in [2.75, 3.05) is 19.6 Å². The van der Waals surface area contributed by atoms with E-state index in [1.807, 2.05) is 6.92 Å². The fourth-order valence-corrected chi connectivity index (χ4v) is 1.78. The minimum absolute atomic E-state index is 0.105. The van der Waals surface area contributed by atoms with Crippen molar-refractivity contribution in [3.05, 3.63) is 0 Å². The molecule has 0 aromatic heterocycles. The number of carbonyl (C=O) groups is 2. The third-order valence-corrected chi connectivity index (χ3v) is 2.76. The molecule has 2 atom stereocenters. The van der Waals surface area contributed by atoms with Gasteiger partial charge in [-0.15, -0.1) is 0 Å². The lowest BCUT2D eigenvalue weighted by atomic mass is 10.0. The molecule has 0 radical (unpaired) electrons. The van der Waals surface area contributed by atoms with E-state index in [1.54, 1.807) is 6.92 Å². The predicted molar refractivity (Wildman–Crippen MR) is 63.3 cm³/mol. The second-order valence-corrected chi connectivity index (χ2v) is 4.70. The van der Waals surface area contributed by atoms with E-state index in [0.29, 0.717) is 13.0 Å². The molecule has 2 amide bonds. The van der Waals surface area contributed by atoms with Gasteiger partial charge in [-0.3, -0.25) is 14.9 Å². The SMILES string of the molecule is CCCC(C)(O)CNC(=O)C1CNC(=O)CN1. The van der Waals surface area contributed by atoms with Crippen LogP contribution in [0.4, 0.5) is 0 Å². The number of hydrogen-bond acceptors (Lipinski definition) is 4. The number of amides is 2. The van der Waals surface area contributed by atoms with Crippen LogP contribution in [0.2, 0.25) is 0 Å². The van der Waals surface area contributed by atoms with E-state index < -0.39 is 11.6 Å². The van der Waals surface area contributed by atoms with E-state index in [-0.39, 0.29) is 24.9 Å². The van der Waals surface area contributed by atoms with E-state index in [4.69, 9.17) is 0 Å². The summed E-state index contributed by atoms with van der Waals surface area (Å²) in [5.41, 5.74) is -0.873. The highest BCUT2D eigenvalue weighted by Gasteiger charge is 2.26. The van der Waals surface area contributed by atoms with Gasteiger partial charge in [0, 0.05) is 13.1 Å². The van der Waals surface area contributed by atoms with Crippen molar-refractivity contribution in [2.45, 2.75) is 38.3 Å². The van der Waals surface area contributed by atoms with E-state index in [0.717, 1.165) is 6.42 Å². The van der Waals surface area contributed by atoms with Gasteiger partial charge in [0.25, 0.3) is 0 Å². The minimum Gasteiger partial charge on any atom is -0.388 e. The van der Waals surface area contributed by atoms with Crippen LogP contribution in [-0.4, -0.2) is 48.2 Å². The van der Waals surface area contributed by atoms with Gasteiger partial charge in [-0.25, -0.2) is 0 Å². The highest BCUT2D eigenvalue weighted by atomic mass is 16.3. The van der Waals surface area contributed by atoms with Gasteiger partial charge in [0.15, 0.2) is 0 Å². The average molecular weight is 243 g/mol. The molecule has 0 bridgehead atoms. The Morgan fingerprint density at radius 3 is 2.88 bits per heavy atom. The molecule has 98 valence electrons. The number of aliphatic hydroxyl groups is 1. The Hall–Kier alpha value is -1.14. The van der Waals surface area contributed by atoms with Gasteiger partial charge in [-0.2, -0.15) is 0 Å². The highest BCUT2D eigenvalue weighted by Crippen LogP contribution is 2.09. The fourth-order valence-electron chi connectivity index (χ4n) is 1.78. The Balaban J connectivity index is 2.32. The fraction of sp³-hybridized carbons (Fsp3) is 0.818. The maximum absolute atomic E-state index is 11.7. The van der Waals surface area contributed by atoms with E-state index >= 15 is 0 Å². The summed E-state index contributed by atoms with van der Waals surface area (Å²) in [6.45, 7) is 4.36.